The molecular weight excluding hydrogens is 252 g/mol. The third-order valence-corrected chi connectivity index (χ3v) is 4.34. The molecular formula is C12H21BrN2. The zero-order valence-corrected chi connectivity index (χ0v) is 12.0. The van der Waals surface area contributed by atoms with Gasteiger partial charge in [-0.3, -0.25) is 4.68 Å². The fourth-order valence-electron chi connectivity index (χ4n) is 1.85. The summed E-state index contributed by atoms with van der Waals surface area (Å²) in [7, 11) is 0. The van der Waals surface area contributed by atoms with Crippen molar-refractivity contribution in [1.29, 1.82) is 0 Å². The molecule has 0 aliphatic heterocycles. The van der Waals surface area contributed by atoms with Gasteiger partial charge in [0.05, 0.1) is 5.69 Å². The summed E-state index contributed by atoms with van der Waals surface area (Å²) in [6.07, 6.45) is 1.08. The smallest absolute Gasteiger partial charge is 0.0628 e. The third-order valence-electron chi connectivity index (χ3n) is 2.82. The van der Waals surface area contributed by atoms with Crippen LogP contribution in [0.2, 0.25) is 0 Å². The van der Waals surface area contributed by atoms with Gasteiger partial charge in [-0.1, -0.05) is 36.7 Å². The summed E-state index contributed by atoms with van der Waals surface area (Å²) in [5, 5.41) is 5.61. The van der Waals surface area contributed by atoms with Gasteiger partial charge in [-0.15, -0.1) is 0 Å². The van der Waals surface area contributed by atoms with E-state index in [0.29, 0.717) is 0 Å². The summed E-state index contributed by atoms with van der Waals surface area (Å²) in [6.45, 7) is 11.9. The molecule has 1 aromatic heterocycles. The SMILES string of the molecule is CCc1c(C)nn(CC(C)(C)CBr)c1C. The average Bonchev–Trinajstić information content (AvgIpc) is 2.41. The van der Waals surface area contributed by atoms with Crippen molar-refractivity contribution >= 4 is 15.9 Å². The first kappa shape index (κ1) is 12.8. The summed E-state index contributed by atoms with van der Waals surface area (Å²) in [5.74, 6) is 0. The lowest BCUT2D eigenvalue weighted by molar-refractivity contribution is 0.331. The topological polar surface area (TPSA) is 17.8 Å². The van der Waals surface area contributed by atoms with Crippen LogP contribution >= 0.6 is 15.9 Å². The highest BCUT2D eigenvalue weighted by atomic mass is 79.9. The van der Waals surface area contributed by atoms with Gasteiger partial charge in [-0.25, -0.2) is 0 Å². The fourth-order valence-corrected chi connectivity index (χ4v) is 2.02. The molecule has 0 atom stereocenters. The fraction of sp³-hybridized carbons (Fsp3) is 0.750. The van der Waals surface area contributed by atoms with Crippen molar-refractivity contribution in [2.24, 2.45) is 5.41 Å². The predicted octanol–water partition coefficient (Wildman–Crippen LogP) is 3.48. The van der Waals surface area contributed by atoms with E-state index < -0.39 is 0 Å². The minimum atomic E-state index is 0.258. The summed E-state index contributed by atoms with van der Waals surface area (Å²) >= 11 is 3.55. The van der Waals surface area contributed by atoms with Crippen molar-refractivity contribution < 1.29 is 0 Å². The lowest BCUT2D eigenvalue weighted by Crippen LogP contribution is -2.22. The Kier molecular flexibility index (Phi) is 3.99. The van der Waals surface area contributed by atoms with Crippen LogP contribution < -0.4 is 0 Å². The summed E-state index contributed by atoms with van der Waals surface area (Å²) < 4.78 is 2.15. The highest BCUT2D eigenvalue weighted by Gasteiger charge is 2.20. The van der Waals surface area contributed by atoms with E-state index in [1.54, 1.807) is 0 Å². The van der Waals surface area contributed by atoms with Crippen molar-refractivity contribution in [3.63, 3.8) is 0 Å². The Morgan fingerprint density at radius 1 is 1.33 bits per heavy atom. The van der Waals surface area contributed by atoms with Crippen LogP contribution in [0.3, 0.4) is 0 Å². The molecule has 0 amide bonds. The zero-order valence-electron chi connectivity index (χ0n) is 10.4. The molecule has 0 saturated carbocycles. The molecule has 86 valence electrons. The lowest BCUT2D eigenvalue weighted by Gasteiger charge is -2.22. The molecule has 0 bridgehead atoms. The van der Waals surface area contributed by atoms with Crippen molar-refractivity contribution in [2.45, 2.75) is 47.6 Å². The number of aryl methyl sites for hydroxylation is 1. The summed E-state index contributed by atoms with van der Waals surface area (Å²) in [5.41, 5.74) is 4.17. The standard InChI is InChI=1S/C12H21BrN2/c1-6-11-9(2)14-15(10(11)3)8-12(4,5)7-13/h6-8H2,1-5H3. The molecule has 0 spiro atoms. The third kappa shape index (κ3) is 2.83. The van der Waals surface area contributed by atoms with E-state index in [1.807, 2.05) is 0 Å². The van der Waals surface area contributed by atoms with Gasteiger partial charge in [0.25, 0.3) is 0 Å². The normalized spacial score (nSPS) is 12.1. The van der Waals surface area contributed by atoms with E-state index in [-0.39, 0.29) is 5.41 Å². The number of rotatable bonds is 4. The number of alkyl halides is 1. The van der Waals surface area contributed by atoms with E-state index in [0.717, 1.165) is 18.3 Å². The predicted molar refractivity (Wildman–Crippen MR) is 68.7 cm³/mol. The van der Waals surface area contributed by atoms with Gasteiger partial charge in [0, 0.05) is 17.6 Å². The highest BCUT2D eigenvalue weighted by Crippen LogP contribution is 2.23. The molecule has 15 heavy (non-hydrogen) atoms. The molecule has 0 fully saturated rings. The molecule has 0 aromatic carbocycles. The van der Waals surface area contributed by atoms with Crippen LogP contribution in [0.1, 0.15) is 37.7 Å². The van der Waals surface area contributed by atoms with Crippen LogP contribution in [0.4, 0.5) is 0 Å². The molecule has 0 aliphatic rings. The van der Waals surface area contributed by atoms with Gasteiger partial charge in [-0.2, -0.15) is 5.10 Å². The lowest BCUT2D eigenvalue weighted by atomic mass is 9.97. The molecule has 1 aromatic rings. The molecule has 2 nitrogen and oxygen atoms in total. The molecule has 3 heteroatoms. The Labute approximate surface area is 101 Å². The van der Waals surface area contributed by atoms with Crippen LogP contribution in [-0.4, -0.2) is 15.1 Å². The molecule has 0 aliphatic carbocycles. The van der Waals surface area contributed by atoms with E-state index in [2.05, 4.69) is 60.3 Å². The Bertz CT molecular complexity index is 340. The summed E-state index contributed by atoms with van der Waals surface area (Å²) in [6, 6.07) is 0. The second-order valence-corrected chi connectivity index (χ2v) is 5.52. The second-order valence-electron chi connectivity index (χ2n) is 4.96. The van der Waals surface area contributed by atoms with Crippen molar-refractivity contribution in [3.8, 4) is 0 Å². The second kappa shape index (κ2) is 4.69. The molecule has 0 N–H and O–H groups in total. The maximum Gasteiger partial charge on any atom is 0.0628 e. The summed E-state index contributed by atoms with van der Waals surface area (Å²) in [4.78, 5) is 0. The quantitative estimate of drug-likeness (QED) is 0.768. The highest BCUT2D eigenvalue weighted by molar-refractivity contribution is 9.09. The van der Waals surface area contributed by atoms with Crippen molar-refractivity contribution in [3.05, 3.63) is 17.0 Å². The van der Waals surface area contributed by atoms with E-state index in [4.69, 9.17) is 0 Å². The Morgan fingerprint density at radius 3 is 2.33 bits per heavy atom. The van der Waals surface area contributed by atoms with Gasteiger partial charge in [0.2, 0.25) is 0 Å². The van der Waals surface area contributed by atoms with Gasteiger partial charge in [0.1, 0.15) is 0 Å². The zero-order chi connectivity index (χ0) is 11.6. The molecule has 0 unspecified atom stereocenters. The average molecular weight is 273 g/mol. The van der Waals surface area contributed by atoms with Crippen LogP contribution in [0.5, 0.6) is 0 Å². The molecule has 0 saturated heterocycles. The van der Waals surface area contributed by atoms with E-state index in [9.17, 15) is 0 Å². The van der Waals surface area contributed by atoms with Crippen LogP contribution in [0, 0.1) is 19.3 Å². The van der Waals surface area contributed by atoms with Gasteiger partial charge in [0.15, 0.2) is 0 Å². The van der Waals surface area contributed by atoms with Gasteiger partial charge >= 0.3 is 0 Å². The van der Waals surface area contributed by atoms with Crippen LogP contribution in [0.15, 0.2) is 0 Å². The number of nitrogens with zero attached hydrogens (tertiary/aromatic N) is 2. The van der Waals surface area contributed by atoms with E-state index in [1.165, 1.54) is 17.0 Å². The monoisotopic (exact) mass is 272 g/mol. The first-order chi connectivity index (χ1) is 6.91. The first-order valence-corrected chi connectivity index (χ1v) is 6.62. The first-order valence-electron chi connectivity index (χ1n) is 5.50. The van der Waals surface area contributed by atoms with Crippen LogP contribution in [0.25, 0.3) is 0 Å². The maximum absolute atomic E-state index is 4.61. The Morgan fingerprint density at radius 2 is 1.93 bits per heavy atom. The molecule has 1 heterocycles. The Balaban J connectivity index is 2.97. The van der Waals surface area contributed by atoms with E-state index >= 15 is 0 Å². The number of halogens is 1. The Hall–Kier alpha value is -0.310. The number of aromatic nitrogens is 2. The largest absolute Gasteiger partial charge is 0.269 e. The van der Waals surface area contributed by atoms with Crippen molar-refractivity contribution in [2.75, 3.05) is 5.33 Å². The van der Waals surface area contributed by atoms with Gasteiger partial charge < -0.3 is 0 Å². The minimum Gasteiger partial charge on any atom is -0.269 e. The van der Waals surface area contributed by atoms with Gasteiger partial charge in [-0.05, 0) is 31.2 Å². The van der Waals surface area contributed by atoms with Crippen molar-refractivity contribution in [1.82, 2.24) is 9.78 Å². The number of hydrogen-bond acceptors (Lipinski definition) is 1. The maximum atomic E-state index is 4.61. The molecule has 1 rings (SSSR count). The van der Waals surface area contributed by atoms with Crippen LogP contribution in [-0.2, 0) is 13.0 Å². The molecule has 0 radical (unpaired) electrons. The number of hydrogen-bond donors (Lipinski definition) is 0. The minimum absolute atomic E-state index is 0.258.